The molecule has 0 aromatic heterocycles. The molecule has 0 amide bonds. The summed E-state index contributed by atoms with van der Waals surface area (Å²) in [6.45, 7) is 10.6. The number of aryl methyl sites for hydroxylation is 1. The molecule has 3 nitrogen and oxygen atoms in total. The Bertz CT molecular complexity index is 1270. The average molecular weight is 517 g/mol. The van der Waals surface area contributed by atoms with Crippen LogP contribution in [0.3, 0.4) is 0 Å². The van der Waals surface area contributed by atoms with Gasteiger partial charge in [-0.25, -0.2) is 4.39 Å². The highest BCUT2D eigenvalue weighted by molar-refractivity contribution is 5.73. The molecular weight excluding hydrogens is 475 g/mol. The maximum Gasteiger partial charge on any atom is 0.310 e. The van der Waals surface area contributed by atoms with Crippen LogP contribution in [0.4, 0.5) is 4.39 Å². The van der Waals surface area contributed by atoms with E-state index in [2.05, 4.69) is 55.8 Å². The lowest BCUT2D eigenvalue weighted by Gasteiger charge is -2.34. The normalized spacial score (nSPS) is 12.2. The van der Waals surface area contributed by atoms with Crippen molar-refractivity contribution in [3.63, 3.8) is 0 Å². The molecule has 0 unspecified atom stereocenters. The van der Waals surface area contributed by atoms with Crippen molar-refractivity contribution in [1.82, 2.24) is 0 Å². The van der Waals surface area contributed by atoms with E-state index in [1.807, 2.05) is 44.2 Å². The molecule has 4 heteroatoms. The fourth-order valence-corrected chi connectivity index (χ4v) is 5.20. The molecule has 0 heterocycles. The van der Waals surface area contributed by atoms with Gasteiger partial charge in [0.25, 0.3) is 0 Å². The third-order valence-corrected chi connectivity index (χ3v) is 8.21. The van der Waals surface area contributed by atoms with Crippen molar-refractivity contribution < 1.29 is 19.0 Å². The largest absolute Gasteiger partial charge is 0.469 e. The van der Waals surface area contributed by atoms with Crippen LogP contribution in [0.1, 0.15) is 81.2 Å². The van der Waals surface area contributed by atoms with Gasteiger partial charge >= 0.3 is 5.97 Å². The van der Waals surface area contributed by atoms with Crippen LogP contribution >= 0.6 is 0 Å². The van der Waals surface area contributed by atoms with Crippen molar-refractivity contribution in [2.45, 2.75) is 77.7 Å². The van der Waals surface area contributed by atoms with Gasteiger partial charge in [0.05, 0.1) is 19.1 Å². The maximum absolute atomic E-state index is 14.6. The van der Waals surface area contributed by atoms with Crippen molar-refractivity contribution in [2.75, 3.05) is 7.11 Å². The zero-order chi connectivity index (χ0) is 27.9. The van der Waals surface area contributed by atoms with Gasteiger partial charge in [-0.1, -0.05) is 94.4 Å². The second-order valence-corrected chi connectivity index (χ2v) is 10.1. The summed E-state index contributed by atoms with van der Waals surface area (Å²) in [7, 11) is 1.30. The number of carbonyl (C=O) groups is 1. The number of ether oxygens (including phenoxy) is 1. The number of rotatable bonds is 11. The Balaban J connectivity index is 1.92. The van der Waals surface area contributed by atoms with E-state index in [1.54, 1.807) is 6.07 Å². The Labute approximate surface area is 227 Å². The molecule has 0 aliphatic heterocycles. The third-order valence-electron chi connectivity index (χ3n) is 8.21. The van der Waals surface area contributed by atoms with Crippen molar-refractivity contribution in [3.05, 3.63) is 100 Å². The standard InChI is InChI=1S/C34H41FO3/c1-7-33(37,8-2)20-19-25-13-18-30(21-24(25)5)34(9-3,10-4)29-16-14-26(15-17-29)27-11-12-28(31(35)22-27)23-32(36)38-6/h11-22,37H,7-10,23H2,1-6H3. The molecule has 3 aromatic rings. The zero-order valence-corrected chi connectivity index (χ0v) is 23.6. The van der Waals surface area contributed by atoms with E-state index in [0.29, 0.717) is 18.4 Å². The molecule has 0 bridgehead atoms. The maximum atomic E-state index is 14.6. The first-order valence-corrected chi connectivity index (χ1v) is 13.6. The van der Waals surface area contributed by atoms with Crippen molar-refractivity contribution in [1.29, 1.82) is 0 Å². The summed E-state index contributed by atoms with van der Waals surface area (Å²) in [6, 6.07) is 20.0. The number of hydrogen-bond acceptors (Lipinski definition) is 3. The minimum Gasteiger partial charge on any atom is -0.469 e. The number of halogens is 1. The van der Waals surface area contributed by atoms with Crippen LogP contribution < -0.4 is 0 Å². The van der Waals surface area contributed by atoms with E-state index >= 15 is 0 Å². The van der Waals surface area contributed by atoms with E-state index in [-0.39, 0.29) is 11.8 Å². The fraction of sp³-hybridized carbons (Fsp3) is 0.382. The van der Waals surface area contributed by atoms with Crippen LogP contribution in [0.5, 0.6) is 0 Å². The predicted molar refractivity (Wildman–Crippen MR) is 155 cm³/mol. The van der Waals surface area contributed by atoms with E-state index < -0.39 is 17.4 Å². The van der Waals surface area contributed by atoms with E-state index in [1.165, 1.54) is 29.9 Å². The number of benzene rings is 3. The highest BCUT2D eigenvalue weighted by atomic mass is 19.1. The Morgan fingerprint density at radius 1 is 0.868 bits per heavy atom. The highest BCUT2D eigenvalue weighted by Gasteiger charge is 2.31. The molecule has 1 N–H and O–H groups in total. The lowest BCUT2D eigenvalue weighted by molar-refractivity contribution is -0.139. The topological polar surface area (TPSA) is 46.5 Å². The van der Waals surface area contributed by atoms with Crippen LogP contribution in [0.15, 0.2) is 66.7 Å². The van der Waals surface area contributed by atoms with Gasteiger partial charge in [-0.05, 0) is 77.6 Å². The van der Waals surface area contributed by atoms with Crippen LogP contribution in [-0.4, -0.2) is 23.8 Å². The Morgan fingerprint density at radius 3 is 2.00 bits per heavy atom. The first-order valence-electron chi connectivity index (χ1n) is 13.6. The van der Waals surface area contributed by atoms with E-state index in [9.17, 15) is 14.3 Å². The van der Waals surface area contributed by atoms with E-state index in [0.717, 1.165) is 29.5 Å². The predicted octanol–water partition coefficient (Wildman–Crippen LogP) is 8.19. The first-order chi connectivity index (χ1) is 18.1. The number of methoxy groups -OCH3 is 1. The molecule has 0 spiro atoms. The van der Waals surface area contributed by atoms with E-state index in [4.69, 9.17) is 0 Å². The summed E-state index contributed by atoms with van der Waals surface area (Å²) >= 11 is 0. The lowest BCUT2D eigenvalue weighted by Crippen LogP contribution is -2.26. The minimum atomic E-state index is -0.770. The van der Waals surface area contributed by atoms with Gasteiger partial charge in [0.1, 0.15) is 5.82 Å². The molecule has 0 radical (unpaired) electrons. The monoisotopic (exact) mass is 516 g/mol. The van der Waals surface area contributed by atoms with Crippen LogP contribution in [0.25, 0.3) is 17.2 Å². The van der Waals surface area contributed by atoms with Crippen LogP contribution in [0, 0.1) is 12.7 Å². The smallest absolute Gasteiger partial charge is 0.310 e. The number of aliphatic hydroxyl groups is 1. The van der Waals surface area contributed by atoms with Crippen molar-refractivity contribution in [3.8, 4) is 11.1 Å². The SMILES string of the molecule is CCC(O)(C=Cc1ccc(C(CC)(CC)c2ccc(-c3ccc(CC(=O)OC)c(F)c3)cc2)cc1C)CC. The van der Waals surface area contributed by atoms with Gasteiger partial charge in [-0.3, -0.25) is 4.79 Å². The van der Waals surface area contributed by atoms with Gasteiger partial charge < -0.3 is 9.84 Å². The molecule has 0 saturated heterocycles. The average Bonchev–Trinajstić information content (AvgIpc) is 2.94. The molecule has 0 aliphatic carbocycles. The summed E-state index contributed by atoms with van der Waals surface area (Å²) < 4.78 is 19.3. The quantitative estimate of drug-likeness (QED) is 0.261. The molecule has 0 atom stereocenters. The summed E-state index contributed by atoms with van der Waals surface area (Å²) in [4.78, 5) is 11.5. The van der Waals surface area contributed by atoms with Gasteiger partial charge in [0.2, 0.25) is 0 Å². The highest BCUT2D eigenvalue weighted by Crippen LogP contribution is 2.40. The number of esters is 1. The molecule has 202 valence electrons. The molecular formula is C34H41FO3. The van der Waals surface area contributed by atoms with Gasteiger partial charge in [0, 0.05) is 5.41 Å². The molecule has 3 rings (SSSR count). The summed E-state index contributed by atoms with van der Waals surface area (Å²) in [5, 5.41) is 10.6. The number of hydrogen-bond donors (Lipinski definition) is 1. The second kappa shape index (κ2) is 12.5. The van der Waals surface area contributed by atoms with Gasteiger partial charge in [-0.15, -0.1) is 0 Å². The molecule has 0 aliphatic rings. The number of carbonyl (C=O) groups excluding carboxylic acids is 1. The van der Waals surface area contributed by atoms with Crippen LogP contribution in [0.2, 0.25) is 0 Å². The summed E-state index contributed by atoms with van der Waals surface area (Å²) in [5.74, 6) is -0.867. The fourth-order valence-electron chi connectivity index (χ4n) is 5.20. The third kappa shape index (κ3) is 6.24. The van der Waals surface area contributed by atoms with Crippen LogP contribution in [-0.2, 0) is 21.4 Å². The second-order valence-electron chi connectivity index (χ2n) is 10.1. The lowest BCUT2D eigenvalue weighted by atomic mass is 9.70. The van der Waals surface area contributed by atoms with Crippen molar-refractivity contribution >= 4 is 12.0 Å². The zero-order valence-electron chi connectivity index (χ0n) is 23.6. The first kappa shape index (κ1) is 29.3. The molecule has 0 fully saturated rings. The van der Waals surface area contributed by atoms with Crippen molar-refractivity contribution in [2.24, 2.45) is 0 Å². The Morgan fingerprint density at radius 2 is 1.47 bits per heavy atom. The summed E-state index contributed by atoms with van der Waals surface area (Å²) in [5.41, 5.74) is 5.90. The van der Waals surface area contributed by atoms with Gasteiger partial charge in [-0.2, -0.15) is 0 Å². The molecule has 0 saturated carbocycles. The van der Waals surface area contributed by atoms with Gasteiger partial charge in [0.15, 0.2) is 0 Å². The molecule has 38 heavy (non-hydrogen) atoms. The Kier molecular flexibility index (Phi) is 9.67. The Hall–Kier alpha value is -3.24. The molecule has 3 aromatic carbocycles. The minimum absolute atomic E-state index is 0.0802. The summed E-state index contributed by atoms with van der Waals surface area (Å²) in [6.07, 6.45) is 7.14.